The fraction of sp³-hybridized carbons (Fsp3) is 0.692. The summed E-state index contributed by atoms with van der Waals surface area (Å²) in [4.78, 5) is 34.0. The summed E-state index contributed by atoms with van der Waals surface area (Å²) in [6.07, 6.45) is 60.8. The van der Waals surface area contributed by atoms with Crippen molar-refractivity contribution in [2.24, 2.45) is 0 Å². The molecule has 10 heteroatoms. The molecule has 0 aromatic heterocycles. The molecule has 0 radical (unpaired) electrons. The molecule has 0 bridgehead atoms. The Kier molecular flexibility index (Phi) is 45.5. The minimum atomic E-state index is -4.43. The number of carbonyl (C=O) groups is 2. The molecule has 0 aliphatic carbocycles. The first-order valence-corrected chi connectivity index (χ1v) is 26.1. The van der Waals surface area contributed by atoms with Gasteiger partial charge in [0.1, 0.15) is 12.7 Å². The van der Waals surface area contributed by atoms with Gasteiger partial charge in [0, 0.05) is 19.4 Å². The molecule has 0 aromatic carbocycles. The van der Waals surface area contributed by atoms with Crippen molar-refractivity contribution in [3.8, 4) is 0 Å². The minimum Gasteiger partial charge on any atom is -0.463 e. The van der Waals surface area contributed by atoms with E-state index in [-0.39, 0.29) is 32.1 Å². The Morgan fingerprint density at radius 2 is 0.919 bits per heavy atom. The summed E-state index contributed by atoms with van der Waals surface area (Å²) in [6, 6.07) is 0. The number of phosphoric acid groups is 1. The van der Waals surface area contributed by atoms with Crippen LogP contribution >= 0.6 is 7.82 Å². The summed E-state index contributed by atoms with van der Waals surface area (Å²) in [5.41, 5.74) is 0. The molecule has 356 valence electrons. The van der Waals surface area contributed by atoms with Crippen molar-refractivity contribution < 1.29 is 37.9 Å². The van der Waals surface area contributed by atoms with Crippen LogP contribution < -0.4 is 5.32 Å². The van der Waals surface area contributed by atoms with E-state index >= 15 is 0 Å². The zero-order valence-electron chi connectivity index (χ0n) is 39.3. The standard InChI is InChI=1S/C52H90NO8P/c1-3-5-7-9-11-13-15-17-19-21-23-24-25-26-27-28-30-32-34-36-38-40-42-44-51(55)53-46-47-60-62(57,58)61-49-50(54)48-59-52(56)45-43-41-39-37-35-33-31-29-22-20-18-16-14-12-10-8-6-4-2/h5,7,11,13-14,16-17,19-20,22-24,26-27,50,54H,3-4,6,8-10,12,15,18,21,25,28-49H2,1-2H3,(H,53,55)(H,57,58)/b7-5-,13-11-,16-14-,19-17-,22-20-,24-23-,27-26-. The Morgan fingerprint density at radius 1 is 0.516 bits per heavy atom. The predicted octanol–water partition coefficient (Wildman–Crippen LogP) is 14.4. The lowest BCUT2D eigenvalue weighted by atomic mass is 10.1. The van der Waals surface area contributed by atoms with Crippen molar-refractivity contribution in [3.63, 3.8) is 0 Å². The molecule has 0 aliphatic rings. The van der Waals surface area contributed by atoms with Crippen molar-refractivity contribution >= 4 is 19.7 Å². The molecule has 0 fully saturated rings. The first-order chi connectivity index (χ1) is 30.3. The summed E-state index contributed by atoms with van der Waals surface area (Å²) < 4.78 is 27.0. The number of aliphatic hydroxyl groups is 1. The van der Waals surface area contributed by atoms with E-state index in [1.165, 1.54) is 77.0 Å². The third-order valence-electron chi connectivity index (χ3n) is 10.1. The second-order valence-electron chi connectivity index (χ2n) is 16.0. The number of hydrogen-bond acceptors (Lipinski definition) is 7. The van der Waals surface area contributed by atoms with Crippen LogP contribution in [-0.2, 0) is 27.9 Å². The van der Waals surface area contributed by atoms with Gasteiger partial charge in [0.2, 0.25) is 5.91 Å². The summed E-state index contributed by atoms with van der Waals surface area (Å²) in [5.74, 6) is -0.539. The van der Waals surface area contributed by atoms with Crippen molar-refractivity contribution in [2.75, 3.05) is 26.4 Å². The van der Waals surface area contributed by atoms with Gasteiger partial charge < -0.3 is 20.1 Å². The molecule has 62 heavy (non-hydrogen) atoms. The van der Waals surface area contributed by atoms with Gasteiger partial charge in [0.15, 0.2) is 0 Å². The average Bonchev–Trinajstić information content (AvgIpc) is 3.26. The monoisotopic (exact) mass is 888 g/mol. The number of ether oxygens (including phenoxy) is 1. The molecule has 3 N–H and O–H groups in total. The molecule has 0 spiro atoms. The van der Waals surface area contributed by atoms with E-state index in [0.29, 0.717) is 6.42 Å². The zero-order valence-corrected chi connectivity index (χ0v) is 40.2. The second kappa shape index (κ2) is 47.7. The maximum atomic E-state index is 12.1. The number of esters is 1. The lowest BCUT2D eigenvalue weighted by Crippen LogP contribution is -2.27. The van der Waals surface area contributed by atoms with Gasteiger partial charge in [0.25, 0.3) is 0 Å². The third kappa shape index (κ3) is 48.2. The van der Waals surface area contributed by atoms with Gasteiger partial charge >= 0.3 is 13.8 Å². The van der Waals surface area contributed by atoms with Gasteiger partial charge in [-0.05, 0) is 89.9 Å². The van der Waals surface area contributed by atoms with Crippen molar-refractivity contribution in [1.29, 1.82) is 0 Å². The predicted molar refractivity (Wildman–Crippen MR) is 261 cm³/mol. The number of rotatable bonds is 45. The topological polar surface area (TPSA) is 131 Å². The van der Waals surface area contributed by atoms with Gasteiger partial charge in [-0.1, -0.05) is 182 Å². The average molecular weight is 888 g/mol. The maximum absolute atomic E-state index is 12.1. The Labute approximate surface area is 379 Å². The SMILES string of the molecule is CC/C=C\C/C=C\C/C=C\C/C=C\C/C=C\CCCCCCCCCC(=O)NCCOP(=O)(O)OCC(O)COC(=O)CCCCCCCCC/C=C\C/C=C\CCCCCC. The molecule has 0 aromatic rings. The molecular formula is C52H90NO8P. The molecule has 0 aliphatic heterocycles. The first-order valence-electron chi connectivity index (χ1n) is 24.6. The van der Waals surface area contributed by atoms with Crippen LogP contribution in [0.1, 0.15) is 200 Å². The lowest BCUT2D eigenvalue weighted by molar-refractivity contribution is -0.147. The molecule has 9 nitrogen and oxygen atoms in total. The van der Waals surface area contributed by atoms with Crippen LogP contribution in [0.4, 0.5) is 0 Å². The highest BCUT2D eigenvalue weighted by Crippen LogP contribution is 2.42. The van der Waals surface area contributed by atoms with Crippen LogP contribution in [0.25, 0.3) is 0 Å². The van der Waals surface area contributed by atoms with E-state index in [4.69, 9.17) is 13.8 Å². The molecule has 0 saturated carbocycles. The summed E-state index contributed by atoms with van der Waals surface area (Å²) >= 11 is 0. The number of hydrogen-bond donors (Lipinski definition) is 3. The number of phosphoric ester groups is 1. The van der Waals surface area contributed by atoms with E-state index in [1.54, 1.807) is 0 Å². The summed E-state index contributed by atoms with van der Waals surface area (Å²) in [7, 11) is -4.43. The summed E-state index contributed by atoms with van der Waals surface area (Å²) in [6.45, 7) is 3.40. The number of unbranched alkanes of at least 4 members (excludes halogenated alkanes) is 18. The van der Waals surface area contributed by atoms with Gasteiger partial charge in [-0.3, -0.25) is 18.6 Å². The van der Waals surface area contributed by atoms with Crippen LogP contribution in [0.2, 0.25) is 0 Å². The third-order valence-corrected chi connectivity index (χ3v) is 11.0. The van der Waals surface area contributed by atoms with E-state index in [2.05, 4.69) is 104 Å². The number of aliphatic hydroxyl groups excluding tert-OH is 1. The molecule has 2 unspecified atom stereocenters. The zero-order chi connectivity index (χ0) is 45.3. The molecule has 0 rings (SSSR count). The molecule has 1 amide bonds. The highest BCUT2D eigenvalue weighted by atomic mass is 31.2. The normalized spacial score (nSPS) is 13.9. The van der Waals surface area contributed by atoms with Gasteiger partial charge in [-0.25, -0.2) is 4.57 Å². The molecular weight excluding hydrogens is 798 g/mol. The Morgan fingerprint density at radius 3 is 1.39 bits per heavy atom. The fourth-order valence-corrected chi connectivity index (χ4v) is 7.14. The van der Waals surface area contributed by atoms with Crippen molar-refractivity contribution in [2.45, 2.75) is 206 Å². The van der Waals surface area contributed by atoms with Crippen molar-refractivity contribution in [3.05, 3.63) is 85.1 Å². The van der Waals surface area contributed by atoms with Gasteiger partial charge in [-0.2, -0.15) is 0 Å². The molecule has 2 atom stereocenters. The first kappa shape index (κ1) is 59.2. The Hall–Kier alpha value is -2.81. The second-order valence-corrected chi connectivity index (χ2v) is 17.5. The molecule has 0 heterocycles. The molecule has 0 saturated heterocycles. The quantitative estimate of drug-likeness (QED) is 0.0238. The number of allylic oxidation sites excluding steroid dienone is 14. The van der Waals surface area contributed by atoms with E-state index < -0.39 is 26.5 Å². The van der Waals surface area contributed by atoms with E-state index in [0.717, 1.165) is 96.3 Å². The fourth-order valence-electron chi connectivity index (χ4n) is 6.38. The van der Waals surface area contributed by atoms with Crippen LogP contribution in [0.3, 0.4) is 0 Å². The van der Waals surface area contributed by atoms with Crippen LogP contribution in [-0.4, -0.2) is 54.3 Å². The highest BCUT2D eigenvalue weighted by Gasteiger charge is 2.23. The van der Waals surface area contributed by atoms with E-state index in [9.17, 15) is 24.2 Å². The van der Waals surface area contributed by atoms with E-state index in [1.807, 2.05) is 0 Å². The van der Waals surface area contributed by atoms with Crippen LogP contribution in [0.15, 0.2) is 85.1 Å². The van der Waals surface area contributed by atoms with Crippen LogP contribution in [0, 0.1) is 0 Å². The van der Waals surface area contributed by atoms with Gasteiger partial charge in [-0.15, -0.1) is 0 Å². The smallest absolute Gasteiger partial charge is 0.463 e. The maximum Gasteiger partial charge on any atom is 0.472 e. The van der Waals surface area contributed by atoms with Gasteiger partial charge in [0.05, 0.1) is 13.2 Å². The number of carbonyl (C=O) groups excluding carboxylic acids is 2. The summed E-state index contributed by atoms with van der Waals surface area (Å²) in [5, 5.41) is 12.7. The van der Waals surface area contributed by atoms with Crippen LogP contribution in [0.5, 0.6) is 0 Å². The highest BCUT2D eigenvalue weighted by molar-refractivity contribution is 7.47. The Bertz CT molecular complexity index is 1290. The number of amides is 1. The lowest BCUT2D eigenvalue weighted by Gasteiger charge is -2.15. The Balaban J connectivity index is 3.63. The largest absolute Gasteiger partial charge is 0.472 e. The van der Waals surface area contributed by atoms with Crippen molar-refractivity contribution in [1.82, 2.24) is 5.32 Å². The number of nitrogens with one attached hydrogen (secondary N) is 1. The minimum absolute atomic E-state index is 0.0695.